The van der Waals surface area contributed by atoms with E-state index in [0.29, 0.717) is 33.7 Å². The standard InChI is InChI=1S/C16H12ClNO4/c1-2-21-14(19)8-10-4-5-11-15(20)12-7-9(17)3-6-13(12)22-16(11)18-10/h3-7H,2,8H2,1H3. The summed E-state index contributed by atoms with van der Waals surface area (Å²) in [5.74, 6) is -0.371. The second-order valence-corrected chi connectivity index (χ2v) is 5.15. The van der Waals surface area contributed by atoms with Crippen molar-refractivity contribution in [1.82, 2.24) is 4.98 Å². The maximum atomic E-state index is 12.4. The van der Waals surface area contributed by atoms with Gasteiger partial charge in [-0.1, -0.05) is 11.6 Å². The van der Waals surface area contributed by atoms with E-state index in [1.165, 1.54) is 0 Å². The molecule has 6 heteroatoms. The van der Waals surface area contributed by atoms with Gasteiger partial charge in [-0.25, -0.2) is 4.98 Å². The molecule has 0 atom stereocenters. The highest BCUT2D eigenvalue weighted by Gasteiger charge is 2.12. The van der Waals surface area contributed by atoms with E-state index in [4.69, 9.17) is 20.8 Å². The van der Waals surface area contributed by atoms with Crippen molar-refractivity contribution in [2.45, 2.75) is 13.3 Å². The molecule has 0 saturated heterocycles. The Hall–Kier alpha value is -2.40. The normalized spacial score (nSPS) is 11.0. The van der Waals surface area contributed by atoms with E-state index in [-0.39, 0.29) is 23.5 Å². The van der Waals surface area contributed by atoms with Gasteiger partial charge in [0, 0.05) is 5.02 Å². The van der Waals surface area contributed by atoms with Crippen LogP contribution in [0.15, 0.2) is 39.5 Å². The summed E-state index contributed by atoms with van der Waals surface area (Å²) in [6.45, 7) is 2.05. The number of fused-ring (bicyclic) bond motifs is 2. The molecule has 0 bridgehead atoms. The molecular formula is C16H12ClNO4. The van der Waals surface area contributed by atoms with Crippen LogP contribution in [0.4, 0.5) is 0 Å². The van der Waals surface area contributed by atoms with Gasteiger partial charge in [0.1, 0.15) is 5.58 Å². The number of aromatic nitrogens is 1. The van der Waals surface area contributed by atoms with E-state index < -0.39 is 0 Å². The van der Waals surface area contributed by atoms with Crippen LogP contribution in [0.2, 0.25) is 5.02 Å². The Morgan fingerprint density at radius 3 is 2.86 bits per heavy atom. The SMILES string of the molecule is CCOC(=O)Cc1ccc2c(=O)c3cc(Cl)ccc3oc2n1. The van der Waals surface area contributed by atoms with Crippen molar-refractivity contribution in [3.8, 4) is 0 Å². The number of carbonyl (C=O) groups is 1. The lowest BCUT2D eigenvalue weighted by Gasteiger charge is -2.04. The molecule has 0 aliphatic heterocycles. The van der Waals surface area contributed by atoms with Crippen molar-refractivity contribution in [3.05, 3.63) is 51.3 Å². The number of carbonyl (C=O) groups excluding carboxylic acids is 1. The number of halogens is 1. The summed E-state index contributed by atoms with van der Waals surface area (Å²) >= 11 is 5.91. The second kappa shape index (κ2) is 5.77. The molecule has 2 aromatic heterocycles. The molecule has 2 heterocycles. The Morgan fingerprint density at radius 2 is 2.09 bits per heavy atom. The van der Waals surface area contributed by atoms with Crippen molar-refractivity contribution < 1.29 is 13.9 Å². The fourth-order valence-electron chi connectivity index (χ4n) is 2.21. The first-order valence-corrected chi connectivity index (χ1v) is 7.14. The van der Waals surface area contributed by atoms with Gasteiger partial charge in [0.05, 0.1) is 29.5 Å². The quantitative estimate of drug-likeness (QED) is 0.548. The van der Waals surface area contributed by atoms with Crippen LogP contribution in [0, 0.1) is 0 Å². The van der Waals surface area contributed by atoms with E-state index in [1.54, 1.807) is 37.3 Å². The topological polar surface area (TPSA) is 69.4 Å². The van der Waals surface area contributed by atoms with Gasteiger partial charge in [0.25, 0.3) is 0 Å². The van der Waals surface area contributed by atoms with Crippen molar-refractivity contribution in [1.29, 1.82) is 0 Å². The fraction of sp³-hybridized carbons (Fsp3) is 0.188. The van der Waals surface area contributed by atoms with Gasteiger partial charge >= 0.3 is 5.97 Å². The van der Waals surface area contributed by atoms with Crippen LogP contribution in [0.5, 0.6) is 0 Å². The molecule has 3 aromatic rings. The van der Waals surface area contributed by atoms with Crippen molar-refractivity contribution in [2.24, 2.45) is 0 Å². The number of rotatable bonds is 3. The van der Waals surface area contributed by atoms with Crippen molar-refractivity contribution in [2.75, 3.05) is 6.61 Å². The molecule has 5 nitrogen and oxygen atoms in total. The van der Waals surface area contributed by atoms with Gasteiger partial charge in [-0.2, -0.15) is 0 Å². The Bertz CT molecular complexity index is 932. The molecule has 0 spiro atoms. The molecule has 0 aliphatic rings. The summed E-state index contributed by atoms with van der Waals surface area (Å²) in [6.07, 6.45) is 0.0339. The fourth-order valence-corrected chi connectivity index (χ4v) is 2.38. The van der Waals surface area contributed by atoms with Gasteiger partial charge in [-0.3, -0.25) is 9.59 Å². The summed E-state index contributed by atoms with van der Waals surface area (Å²) in [5, 5.41) is 1.22. The maximum Gasteiger partial charge on any atom is 0.311 e. The van der Waals surface area contributed by atoms with Gasteiger partial charge in [-0.15, -0.1) is 0 Å². The monoisotopic (exact) mass is 317 g/mol. The van der Waals surface area contributed by atoms with E-state index in [1.807, 2.05) is 0 Å². The smallest absolute Gasteiger partial charge is 0.311 e. The third kappa shape index (κ3) is 2.67. The molecule has 1 aromatic carbocycles. The summed E-state index contributed by atoms with van der Waals surface area (Å²) in [5.41, 5.74) is 0.889. The molecular weight excluding hydrogens is 306 g/mol. The number of ether oxygens (including phenoxy) is 1. The van der Waals surface area contributed by atoms with Gasteiger partial charge in [0.15, 0.2) is 0 Å². The molecule has 0 N–H and O–H groups in total. The van der Waals surface area contributed by atoms with Crippen LogP contribution in [0.1, 0.15) is 12.6 Å². The van der Waals surface area contributed by atoms with E-state index >= 15 is 0 Å². The zero-order chi connectivity index (χ0) is 15.7. The van der Waals surface area contributed by atoms with Crippen molar-refractivity contribution in [3.63, 3.8) is 0 Å². The minimum Gasteiger partial charge on any atom is -0.466 e. The third-order valence-corrected chi connectivity index (χ3v) is 3.42. The van der Waals surface area contributed by atoms with Crippen LogP contribution in [-0.2, 0) is 16.0 Å². The first-order chi connectivity index (χ1) is 10.6. The predicted octanol–water partition coefficient (Wildman–Crippen LogP) is 3.10. The van der Waals surface area contributed by atoms with E-state index in [2.05, 4.69) is 4.98 Å². The van der Waals surface area contributed by atoms with E-state index in [9.17, 15) is 9.59 Å². The average molecular weight is 318 g/mol. The molecule has 112 valence electrons. The predicted molar refractivity (Wildman–Crippen MR) is 83.1 cm³/mol. The molecule has 0 saturated carbocycles. The first-order valence-electron chi connectivity index (χ1n) is 6.76. The van der Waals surface area contributed by atoms with Gasteiger partial charge in [-0.05, 0) is 37.3 Å². The molecule has 0 amide bonds. The molecule has 0 aliphatic carbocycles. The maximum absolute atomic E-state index is 12.4. The zero-order valence-electron chi connectivity index (χ0n) is 11.8. The summed E-state index contributed by atoms with van der Waals surface area (Å²) in [4.78, 5) is 28.2. The number of hydrogen-bond donors (Lipinski definition) is 0. The number of nitrogens with zero attached hydrogens (tertiary/aromatic N) is 1. The Balaban J connectivity index is 2.13. The largest absolute Gasteiger partial charge is 0.466 e. The Morgan fingerprint density at radius 1 is 1.27 bits per heavy atom. The van der Waals surface area contributed by atoms with Crippen LogP contribution in [-0.4, -0.2) is 17.6 Å². The third-order valence-electron chi connectivity index (χ3n) is 3.19. The molecule has 0 unspecified atom stereocenters. The highest BCUT2D eigenvalue weighted by molar-refractivity contribution is 6.31. The zero-order valence-corrected chi connectivity index (χ0v) is 12.5. The summed E-state index contributed by atoms with van der Waals surface area (Å²) < 4.78 is 10.5. The lowest BCUT2D eigenvalue weighted by molar-refractivity contribution is -0.142. The minimum absolute atomic E-state index is 0.0339. The first kappa shape index (κ1) is 14.5. The van der Waals surface area contributed by atoms with Crippen LogP contribution in [0.3, 0.4) is 0 Å². The lowest BCUT2D eigenvalue weighted by Crippen LogP contribution is -2.10. The minimum atomic E-state index is -0.371. The number of benzene rings is 1. The molecule has 0 fully saturated rings. The van der Waals surface area contributed by atoms with Crippen LogP contribution in [0.25, 0.3) is 22.1 Å². The highest BCUT2D eigenvalue weighted by Crippen LogP contribution is 2.20. The molecule has 0 radical (unpaired) electrons. The number of pyridine rings is 1. The van der Waals surface area contributed by atoms with Crippen LogP contribution >= 0.6 is 11.6 Å². The second-order valence-electron chi connectivity index (χ2n) is 4.71. The summed E-state index contributed by atoms with van der Waals surface area (Å²) in [7, 11) is 0. The Kier molecular flexibility index (Phi) is 3.81. The molecule has 22 heavy (non-hydrogen) atoms. The number of hydrogen-bond acceptors (Lipinski definition) is 5. The highest BCUT2D eigenvalue weighted by atomic mass is 35.5. The van der Waals surface area contributed by atoms with Crippen LogP contribution < -0.4 is 5.43 Å². The van der Waals surface area contributed by atoms with Gasteiger partial charge in [0.2, 0.25) is 11.1 Å². The van der Waals surface area contributed by atoms with Gasteiger partial charge < -0.3 is 9.15 Å². The van der Waals surface area contributed by atoms with E-state index in [0.717, 1.165) is 0 Å². The summed E-state index contributed by atoms with van der Waals surface area (Å²) in [6, 6.07) is 8.05. The Labute approximate surface area is 130 Å². The average Bonchev–Trinajstić information content (AvgIpc) is 2.48. The lowest BCUT2D eigenvalue weighted by atomic mass is 10.1. The number of esters is 1. The molecule has 3 rings (SSSR count). The van der Waals surface area contributed by atoms with Crippen molar-refractivity contribution >= 4 is 39.6 Å².